The first-order valence-corrected chi connectivity index (χ1v) is 12.9. The summed E-state index contributed by atoms with van der Waals surface area (Å²) in [6.07, 6.45) is 2.21. The molecular formula is C35H29N2+. The van der Waals surface area contributed by atoms with Crippen LogP contribution in [-0.2, 0) is 7.05 Å². The molecule has 7 rings (SSSR count). The van der Waals surface area contributed by atoms with E-state index < -0.39 is 0 Å². The van der Waals surface area contributed by atoms with Crippen LogP contribution in [0, 0.1) is 20.8 Å². The highest BCUT2D eigenvalue weighted by molar-refractivity contribution is 6.13. The average Bonchev–Trinajstić information content (AvgIpc) is 3.25. The Balaban J connectivity index is 1.55. The van der Waals surface area contributed by atoms with Crippen LogP contribution in [0.4, 0.5) is 0 Å². The molecule has 0 spiro atoms. The van der Waals surface area contributed by atoms with Crippen molar-refractivity contribution in [2.75, 3.05) is 0 Å². The molecule has 0 N–H and O–H groups in total. The summed E-state index contributed by atoms with van der Waals surface area (Å²) >= 11 is 0. The summed E-state index contributed by atoms with van der Waals surface area (Å²) in [6, 6.07) is 35.8. The van der Waals surface area contributed by atoms with Gasteiger partial charge in [0.05, 0.1) is 22.0 Å². The van der Waals surface area contributed by atoms with Gasteiger partial charge < -0.3 is 4.57 Å². The van der Waals surface area contributed by atoms with Gasteiger partial charge in [-0.15, -0.1) is 0 Å². The molecule has 0 bridgehead atoms. The highest BCUT2D eigenvalue weighted by atomic mass is 15.0. The van der Waals surface area contributed by atoms with Crippen LogP contribution in [0.3, 0.4) is 0 Å². The second-order valence-corrected chi connectivity index (χ2v) is 10.3. The minimum atomic E-state index is 1.19. The number of nitrogens with zero attached hydrogens (tertiary/aromatic N) is 2. The standard InChI is InChI=1S/C35H29N2/c1-22-19-23(2)24(3)31(20-22)35-30-16-14-25-13-15-26(21-32(25)27(30)17-18-36(35)4)37-33-11-7-5-9-28(33)29-10-6-8-12-34(29)37/h5-21H,1-4H3/q+1. The lowest BCUT2D eigenvalue weighted by molar-refractivity contribution is -0.659. The zero-order chi connectivity index (χ0) is 25.3. The second-order valence-electron chi connectivity index (χ2n) is 10.3. The molecule has 7 aromatic rings. The predicted octanol–water partition coefficient (Wildman–Crippen LogP) is 8.51. The number of hydrogen-bond donors (Lipinski definition) is 0. The fourth-order valence-electron chi connectivity index (χ4n) is 6.13. The van der Waals surface area contributed by atoms with Gasteiger partial charge in [0, 0.05) is 27.9 Å². The minimum absolute atomic E-state index is 1.19. The van der Waals surface area contributed by atoms with Crippen LogP contribution in [0.15, 0.2) is 103 Å². The van der Waals surface area contributed by atoms with Gasteiger partial charge in [0.25, 0.3) is 0 Å². The molecule has 0 radical (unpaired) electrons. The quantitative estimate of drug-likeness (QED) is 0.174. The third-order valence-corrected chi connectivity index (χ3v) is 8.02. The van der Waals surface area contributed by atoms with Crippen molar-refractivity contribution in [3.05, 3.63) is 120 Å². The van der Waals surface area contributed by atoms with Crippen LogP contribution < -0.4 is 4.57 Å². The van der Waals surface area contributed by atoms with Crippen molar-refractivity contribution in [2.24, 2.45) is 7.05 Å². The number of rotatable bonds is 2. The summed E-state index contributed by atoms with van der Waals surface area (Å²) in [5.41, 5.74) is 10.2. The first-order chi connectivity index (χ1) is 18.0. The van der Waals surface area contributed by atoms with Gasteiger partial charge in [0.15, 0.2) is 6.20 Å². The average molecular weight is 478 g/mol. The van der Waals surface area contributed by atoms with E-state index >= 15 is 0 Å². The van der Waals surface area contributed by atoms with Gasteiger partial charge in [-0.3, -0.25) is 0 Å². The van der Waals surface area contributed by atoms with E-state index in [1.54, 1.807) is 0 Å². The maximum Gasteiger partial charge on any atom is 0.220 e. The Labute approximate surface area is 217 Å². The molecule has 2 heteroatoms. The number of para-hydroxylation sites is 2. The SMILES string of the molecule is Cc1cc(C)c(C)c(-c2c3ccc4ccc(-n5c6ccccc6c6ccccc65)cc4c3cc[n+]2C)c1. The topological polar surface area (TPSA) is 8.81 Å². The third-order valence-electron chi connectivity index (χ3n) is 8.02. The highest BCUT2D eigenvalue weighted by Crippen LogP contribution is 2.36. The fraction of sp³-hybridized carbons (Fsp3) is 0.114. The molecular weight excluding hydrogens is 448 g/mol. The molecule has 0 aliphatic heterocycles. The number of benzene rings is 5. The Bertz CT molecular complexity index is 1970. The summed E-state index contributed by atoms with van der Waals surface area (Å²) < 4.78 is 4.67. The van der Waals surface area contributed by atoms with Crippen molar-refractivity contribution in [3.63, 3.8) is 0 Å². The largest absolute Gasteiger partial charge is 0.309 e. The predicted molar refractivity (Wildman–Crippen MR) is 157 cm³/mol. The maximum absolute atomic E-state index is 2.40. The van der Waals surface area contributed by atoms with Gasteiger partial charge >= 0.3 is 0 Å². The summed E-state index contributed by atoms with van der Waals surface area (Å²) in [4.78, 5) is 0. The van der Waals surface area contributed by atoms with Crippen LogP contribution in [0.5, 0.6) is 0 Å². The normalized spacial score (nSPS) is 11.8. The molecule has 0 amide bonds. The van der Waals surface area contributed by atoms with Crippen molar-refractivity contribution in [1.82, 2.24) is 4.57 Å². The van der Waals surface area contributed by atoms with Gasteiger partial charge in [-0.2, -0.15) is 0 Å². The van der Waals surface area contributed by atoms with E-state index in [9.17, 15) is 0 Å². The van der Waals surface area contributed by atoms with E-state index in [1.165, 1.54) is 77.0 Å². The number of fused-ring (bicyclic) bond motifs is 6. The molecule has 5 aromatic carbocycles. The molecule has 37 heavy (non-hydrogen) atoms. The van der Waals surface area contributed by atoms with Crippen LogP contribution in [-0.4, -0.2) is 4.57 Å². The van der Waals surface area contributed by atoms with Crippen molar-refractivity contribution in [1.29, 1.82) is 0 Å². The van der Waals surface area contributed by atoms with E-state index in [2.05, 4.69) is 140 Å². The van der Waals surface area contributed by atoms with Crippen molar-refractivity contribution >= 4 is 43.4 Å². The van der Waals surface area contributed by atoms with Crippen LogP contribution in [0.25, 0.3) is 60.3 Å². The monoisotopic (exact) mass is 477 g/mol. The molecule has 2 heterocycles. The van der Waals surface area contributed by atoms with E-state index in [-0.39, 0.29) is 0 Å². The number of pyridine rings is 1. The Kier molecular flexibility index (Phi) is 4.74. The van der Waals surface area contributed by atoms with Crippen LogP contribution in [0.2, 0.25) is 0 Å². The van der Waals surface area contributed by atoms with E-state index in [1.807, 2.05) is 0 Å². The Hall–Kier alpha value is -4.43. The van der Waals surface area contributed by atoms with Crippen molar-refractivity contribution in [3.8, 4) is 16.9 Å². The van der Waals surface area contributed by atoms with Crippen molar-refractivity contribution < 1.29 is 4.57 Å². The Morgan fingerprint density at radius 1 is 0.595 bits per heavy atom. The summed E-state index contributed by atoms with van der Waals surface area (Å²) in [7, 11) is 2.16. The first kappa shape index (κ1) is 21.8. The second kappa shape index (κ2) is 8.04. The smallest absolute Gasteiger partial charge is 0.220 e. The third kappa shape index (κ3) is 3.22. The molecule has 0 atom stereocenters. The molecule has 2 nitrogen and oxygen atoms in total. The lowest BCUT2D eigenvalue weighted by Crippen LogP contribution is -2.30. The zero-order valence-corrected chi connectivity index (χ0v) is 21.7. The lowest BCUT2D eigenvalue weighted by atomic mass is 9.93. The van der Waals surface area contributed by atoms with E-state index in [0.29, 0.717) is 0 Å². The van der Waals surface area contributed by atoms with E-state index in [0.717, 1.165) is 0 Å². The highest BCUT2D eigenvalue weighted by Gasteiger charge is 2.20. The van der Waals surface area contributed by atoms with Gasteiger partial charge in [-0.05, 0) is 79.1 Å². The molecule has 0 aliphatic carbocycles. The lowest BCUT2D eigenvalue weighted by Gasteiger charge is -2.14. The molecule has 178 valence electrons. The molecule has 0 saturated heterocycles. The van der Waals surface area contributed by atoms with Gasteiger partial charge in [-0.25, -0.2) is 4.57 Å². The Morgan fingerprint density at radius 3 is 2.00 bits per heavy atom. The van der Waals surface area contributed by atoms with E-state index in [4.69, 9.17) is 0 Å². The molecule has 0 saturated carbocycles. The van der Waals surface area contributed by atoms with Gasteiger partial charge in [0.2, 0.25) is 5.69 Å². The molecule has 2 aromatic heterocycles. The maximum atomic E-state index is 2.40. The molecule has 0 aliphatic rings. The summed E-state index contributed by atoms with van der Waals surface area (Å²) in [6.45, 7) is 6.64. The van der Waals surface area contributed by atoms with Crippen LogP contribution >= 0.6 is 0 Å². The van der Waals surface area contributed by atoms with Gasteiger partial charge in [0.1, 0.15) is 7.05 Å². The number of hydrogen-bond acceptors (Lipinski definition) is 0. The Morgan fingerprint density at radius 2 is 1.27 bits per heavy atom. The summed E-state index contributed by atoms with van der Waals surface area (Å²) in [5.74, 6) is 0. The first-order valence-electron chi connectivity index (χ1n) is 12.9. The van der Waals surface area contributed by atoms with Gasteiger partial charge in [-0.1, -0.05) is 60.2 Å². The van der Waals surface area contributed by atoms with Crippen molar-refractivity contribution in [2.45, 2.75) is 20.8 Å². The minimum Gasteiger partial charge on any atom is -0.309 e. The van der Waals surface area contributed by atoms with Crippen LogP contribution in [0.1, 0.15) is 16.7 Å². The molecule has 0 fully saturated rings. The summed E-state index contributed by atoms with van der Waals surface area (Å²) in [5, 5.41) is 7.68. The zero-order valence-electron chi connectivity index (χ0n) is 21.7. The number of aryl methyl sites for hydroxylation is 3. The number of aromatic nitrogens is 2. The molecule has 0 unspecified atom stereocenters. The fourth-order valence-corrected chi connectivity index (χ4v) is 6.13.